The van der Waals surface area contributed by atoms with Crippen LogP contribution in [0.2, 0.25) is 0 Å². The Balaban J connectivity index is 4.62. The van der Waals surface area contributed by atoms with Crippen LogP contribution in [0.4, 0.5) is 0 Å². The Morgan fingerprint density at radius 1 is 1.09 bits per heavy atom. The van der Waals surface area contributed by atoms with Gasteiger partial charge in [0, 0.05) is 0 Å². The number of unbranched alkanes of at least 4 members (excludes halogenated alkanes) is 5. The first-order chi connectivity index (χ1) is 10.8. The van der Waals surface area contributed by atoms with Gasteiger partial charge in [-0.15, -0.1) is 0 Å². The van der Waals surface area contributed by atoms with Gasteiger partial charge in [0.25, 0.3) is 0 Å². The second-order valence-electron chi connectivity index (χ2n) is 5.82. The van der Waals surface area contributed by atoms with E-state index in [0.29, 0.717) is 11.5 Å². The van der Waals surface area contributed by atoms with Gasteiger partial charge in [0.15, 0.2) is 10.9 Å². The van der Waals surface area contributed by atoms with Crippen LogP contribution in [0.25, 0.3) is 0 Å². The molecule has 0 saturated heterocycles. The minimum atomic E-state index is -0.815. The summed E-state index contributed by atoms with van der Waals surface area (Å²) in [6.07, 6.45) is 6.87. The van der Waals surface area contributed by atoms with Crippen molar-refractivity contribution in [2.75, 3.05) is 27.8 Å². The quantitative estimate of drug-likeness (QED) is 0.200. The van der Waals surface area contributed by atoms with Gasteiger partial charge in [0.2, 0.25) is 0 Å². The van der Waals surface area contributed by atoms with E-state index in [1.807, 2.05) is 7.05 Å². The maximum Gasteiger partial charge on any atom is 0.320 e. The molecule has 0 bridgehead atoms. The number of hydrogen-bond acceptors (Lipinski definition) is 6. The van der Waals surface area contributed by atoms with Crippen molar-refractivity contribution in [3.05, 3.63) is 0 Å². The van der Waals surface area contributed by atoms with Crippen LogP contribution >= 0.6 is 25.0 Å². The molecule has 2 unspecified atom stereocenters. The van der Waals surface area contributed by atoms with E-state index in [1.54, 1.807) is 0 Å². The molecule has 0 fully saturated rings. The largest absolute Gasteiger partial charge is 0.469 e. The number of carbonyl (C=O) groups excluding carboxylic acids is 2. The molecule has 0 aliphatic heterocycles. The third-order valence-corrected chi connectivity index (χ3v) is 5.04. The summed E-state index contributed by atoms with van der Waals surface area (Å²) in [7, 11) is 4.40. The molecule has 0 aromatic heterocycles. The van der Waals surface area contributed by atoms with E-state index in [4.69, 9.17) is 17.0 Å². The average Bonchev–Trinajstić information content (AvgIpc) is 2.54. The highest BCUT2D eigenvalue weighted by molar-refractivity contribution is 7.82. The van der Waals surface area contributed by atoms with E-state index in [9.17, 15) is 9.59 Å². The third kappa shape index (κ3) is 8.67. The lowest BCUT2D eigenvalue weighted by atomic mass is 10.0. The van der Waals surface area contributed by atoms with Gasteiger partial charge < -0.3 is 9.47 Å². The highest BCUT2D eigenvalue weighted by Crippen LogP contribution is 2.22. The number of ether oxygens (including phenoxy) is 2. The van der Waals surface area contributed by atoms with Crippen molar-refractivity contribution in [3.8, 4) is 0 Å². The molecular weight excluding hydrogens is 334 g/mol. The zero-order valence-corrected chi connectivity index (χ0v) is 16.4. The minimum Gasteiger partial charge on any atom is -0.469 e. The molecule has 23 heavy (non-hydrogen) atoms. The smallest absolute Gasteiger partial charge is 0.320 e. The zero-order chi connectivity index (χ0) is 17.9. The van der Waals surface area contributed by atoms with Crippen molar-refractivity contribution in [2.24, 2.45) is 5.92 Å². The molecule has 7 heteroatoms. The van der Waals surface area contributed by atoms with Crippen LogP contribution in [0, 0.1) is 5.92 Å². The molecule has 0 aromatic carbocycles. The molecule has 5 nitrogen and oxygen atoms in total. The number of rotatable bonds is 11. The molecule has 2 atom stereocenters. The predicted octanol–water partition coefficient (Wildman–Crippen LogP) is 3.32. The fourth-order valence-electron chi connectivity index (χ4n) is 2.31. The standard InChI is InChI=1S/C16H30NO4S2/c1-5-6-7-8-9-10-11-17(2,23)15(22)13(16(19)21-4)12-14(18)20-3/h13,23H,5-12H2,1-4H3/q+1. The Hall–Kier alpha value is -0.660. The van der Waals surface area contributed by atoms with Gasteiger partial charge >= 0.3 is 11.9 Å². The molecule has 0 aliphatic rings. The summed E-state index contributed by atoms with van der Waals surface area (Å²) in [5, 5.41) is 0. The summed E-state index contributed by atoms with van der Waals surface area (Å²) in [5.74, 6) is -1.83. The highest BCUT2D eigenvalue weighted by atomic mass is 32.1. The van der Waals surface area contributed by atoms with Crippen LogP contribution in [0.15, 0.2) is 0 Å². The molecule has 0 radical (unpaired) electrons. The van der Waals surface area contributed by atoms with Crippen molar-refractivity contribution in [1.29, 1.82) is 0 Å². The van der Waals surface area contributed by atoms with E-state index in [1.165, 1.54) is 39.9 Å². The number of nitrogens with zero attached hydrogens (tertiary/aromatic N) is 1. The zero-order valence-electron chi connectivity index (χ0n) is 14.7. The maximum absolute atomic E-state index is 11.9. The van der Waals surface area contributed by atoms with Gasteiger partial charge in [-0.25, -0.2) is 3.89 Å². The number of thiol groups is 1. The van der Waals surface area contributed by atoms with Crippen LogP contribution < -0.4 is 0 Å². The second-order valence-corrected chi connectivity index (χ2v) is 7.13. The molecule has 0 aromatic rings. The van der Waals surface area contributed by atoms with E-state index in [0.717, 1.165) is 12.8 Å². The van der Waals surface area contributed by atoms with Crippen LogP contribution in [-0.2, 0) is 19.1 Å². The van der Waals surface area contributed by atoms with Gasteiger partial charge in [-0.3, -0.25) is 9.59 Å². The van der Waals surface area contributed by atoms with Gasteiger partial charge in [-0.1, -0.05) is 32.6 Å². The fraction of sp³-hybridized carbons (Fsp3) is 0.812. The van der Waals surface area contributed by atoms with Crippen molar-refractivity contribution in [3.63, 3.8) is 0 Å². The molecule has 0 spiro atoms. The fourth-order valence-corrected chi connectivity index (χ4v) is 2.86. The molecule has 134 valence electrons. The van der Waals surface area contributed by atoms with Crippen molar-refractivity contribution >= 4 is 42.0 Å². The van der Waals surface area contributed by atoms with Crippen LogP contribution in [-0.4, -0.2) is 48.6 Å². The number of quaternary nitrogens is 1. The number of thiocarbonyl (C=S) groups is 1. The summed E-state index contributed by atoms with van der Waals surface area (Å²) >= 11 is 10.0. The number of methoxy groups -OCH3 is 2. The van der Waals surface area contributed by atoms with E-state index >= 15 is 0 Å². The van der Waals surface area contributed by atoms with Crippen molar-refractivity contribution in [2.45, 2.75) is 51.9 Å². The van der Waals surface area contributed by atoms with Gasteiger partial charge in [-0.05, 0) is 25.1 Å². The first kappa shape index (κ1) is 22.3. The Morgan fingerprint density at radius 3 is 2.17 bits per heavy atom. The molecule has 0 saturated carbocycles. The Morgan fingerprint density at radius 2 is 1.65 bits per heavy atom. The summed E-state index contributed by atoms with van der Waals surface area (Å²) in [6, 6.07) is 0. The van der Waals surface area contributed by atoms with Crippen molar-refractivity contribution in [1.82, 2.24) is 0 Å². The van der Waals surface area contributed by atoms with Gasteiger partial charge in [0.1, 0.15) is 0 Å². The molecule has 0 rings (SSSR count). The van der Waals surface area contributed by atoms with Gasteiger partial charge in [-0.2, -0.15) is 0 Å². The SMILES string of the molecule is CCCCCCCC[N+](C)(S)C(=S)C(CC(=O)OC)C(=O)OC. The first-order valence-electron chi connectivity index (χ1n) is 8.07. The van der Waals surface area contributed by atoms with Crippen LogP contribution in [0.1, 0.15) is 51.9 Å². The lowest BCUT2D eigenvalue weighted by Gasteiger charge is -2.30. The number of hydrogen-bond donors (Lipinski definition) is 1. The summed E-state index contributed by atoms with van der Waals surface area (Å²) in [4.78, 5) is 23.8. The normalized spacial score (nSPS) is 14.7. The Labute approximate surface area is 150 Å². The molecular formula is C16H30NO4S2+. The number of carbonyl (C=O) groups is 2. The van der Waals surface area contributed by atoms with E-state index in [2.05, 4.69) is 24.5 Å². The third-order valence-electron chi connectivity index (χ3n) is 3.80. The summed E-state index contributed by atoms with van der Waals surface area (Å²) < 4.78 is 9.53. The van der Waals surface area contributed by atoms with Crippen LogP contribution in [0.3, 0.4) is 0 Å². The lowest BCUT2D eigenvalue weighted by molar-refractivity contribution is -0.670. The summed E-state index contributed by atoms with van der Waals surface area (Å²) in [6.45, 7) is 2.90. The van der Waals surface area contributed by atoms with Crippen molar-refractivity contribution < 1.29 is 23.0 Å². The number of esters is 2. The lowest BCUT2D eigenvalue weighted by Crippen LogP contribution is -2.47. The van der Waals surface area contributed by atoms with E-state index in [-0.39, 0.29) is 10.3 Å². The Kier molecular flexibility index (Phi) is 11.5. The molecule has 0 N–H and O–H groups in total. The molecule has 0 amide bonds. The first-order valence-corrected chi connectivity index (χ1v) is 8.88. The summed E-state index contributed by atoms with van der Waals surface area (Å²) in [5.41, 5.74) is 0. The molecule has 0 heterocycles. The highest BCUT2D eigenvalue weighted by Gasteiger charge is 2.38. The Bertz CT molecular complexity index is 400. The monoisotopic (exact) mass is 364 g/mol. The second kappa shape index (κ2) is 11.8. The molecule has 0 aliphatic carbocycles. The van der Waals surface area contributed by atoms with E-state index < -0.39 is 17.9 Å². The average molecular weight is 365 g/mol. The van der Waals surface area contributed by atoms with Crippen LogP contribution in [0.5, 0.6) is 0 Å². The minimum absolute atomic E-state index is 0.118. The maximum atomic E-state index is 11.9. The topological polar surface area (TPSA) is 52.6 Å². The van der Waals surface area contributed by atoms with Gasteiger partial charge in [0.05, 0.1) is 47.0 Å². The predicted molar refractivity (Wildman–Crippen MR) is 98.2 cm³/mol.